The first kappa shape index (κ1) is 18.9. The van der Waals surface area contributed by atoms with Gasteiger partial charge < -0.3 is 5.43 Å². The SMILES string of the molecule is C#Cc1cc2c(cc1CN1Cc3ccc(CC)cc3C1)C(Cc1ccccc1)NN2. The third-order valence-corrected chi connectivity index (χ3v) is 6.33. The molecule has 3 aromatic carbocycles. The van der Waals surface area contributed by atoms with Crippen LogP contribution in [0.4, 0.5) is 5.69 Å². The molecule has 5 rings (SSSR count). The summed E-state index contributed by atoms with van der Waals surface area (Å²) in [6.45, 7) is 5.08. The molecule has 150 valence electrons. The van der Waals surface area contributed by atoms with E-state index in [-0.39, 0.29) is 6.04 Å². The number of aryl methyl sites for hydroxylation is 1. The van der Waals surface area contributed by atoms with Crippen molar-refractivity contribution in [3.05, 3.63) is 99.6 Å². The molecule has 2 aliphatic heterocycles. The average molecular weight is 394 g/mol. The molecule has 0 fully saturated rings. The zero-order valence-electron chi connectivity index (χ0n) is 17.4. The number of hydrazine groups is 1. The smallest absolute Gasteiger partial charge is 0.0571 e. The first-order chi connectivity index (χ1) is 14.7. The standard InChI is InChI=1S/C27H27N3/c1-3-19-10-11-22-16-30(17-23(22)12-19)18-24-14-25-26(13-20-8-6-5-7-9-20)28-29-27(25)15-21(24)4-2/h2,5-12,14-15,26,28-29H,3,13,16-18H2,1H3. The summed E-state index contributed by atoms with van der Waals surface area (Å²) >= 11 is 0. The van der Waals surface area contributed by atoms with Gasteiger partial charge in [-0.1, -0.05) is 61.4 Å². The lowest BCUT2D eigenvalue weighted by Crippen LogP contribution is -2.20. The lowest BCUT2D eigenvalue weighted by Gasteiger charge is -2.18. The van der Waals surface area contributed by atoms with Crippen LogP contribution in [0, 0.1) is 12.3 Å². The fourth-order valence-electron chi connectivity index (χ4n) is 4.67. The minimum atomic E-state index is 0.246. The zero-order valence-corrected chi connectivity index (χ0v) is 17.4. The van der Waals surface area contributed by atoms with Crippen molar-refractivity contribution in [2.45, 2.75) is 45.4 Å². The summed E-state index contributed by atoms with van der Waals surface area (Å²) in [6, 6.07) is 22.2. The Hall–Kier alpha value is -3.06. The minimum Gasteiger partial charge on any atom is -0.321 e. The molecule has 0 amide bonds. The van der Waals surface area contributed by atoms with Crippen LogP contribution in [0.3, 0.4) is 0 Å². The molecule has 3 nitrogen and oxygen atoms in total. The first-order valence-electron chi connectivity index (χ1n) is 10.8. The van der Waals surface area contributed by atoms with Crippen LogP contribution in [-0.2, 0) is 32.5 Å². The molecule has 0 spiro atoms. The Morgan fingerprint density at radius 2 is 1.83 bits per heavy atom. The van der Waals surface area contributed by atoms with Crippen molar-refractivity contribution in [3.63, 3.8) is 0 Å². The van der Waals surface area contributed by atoms with Gasteiger partial charge in [0.25, 0.3) is 0 Å². The summed E-state index contributed by atoms with van der Waals surface area (Å²) in [5, 5.41) is 0. The summed E-state index contributed by atoms with van der Waals surface area (Å²) in [4.78, 5) is 2.49. The summed E-state index contributed by atoms with van der Waals surface area (Å²) < 4.78 is 0. The van der Waals surface area contributed by atoms with Crippen LogP contribution >= 0.6 is 0 Å². The number of nitrogens with zero attached hydrogens (tertiary/aromatic N) is 1. The molecule has 0 radical (unpaired) electrons. The van der Waals surface area contributed by atoms with E-state index in [4.69, 9.17) is 6.42 Å². The van der Waals surface area contributed by atoms with Crippen LogP contribution in [-0.4, -0.2) is 4.90 Å². The lowest BCUT2D eigenvalue weighted by molar-refractivity contribution is 0.275. The van der Waals surface area contributed by atoms with Crippen molar-refractivity contribution >= 4 is 5.69 Å². The summed E-state index contributed by atoms with van der Waals surface area (Å²) in [5.74, 6) is 2.91. The van der Waals surface area contributed by atoms with Crippen LogP contribution in [0.1, 0.15) is 51.9 Å². The highest BCUT2D eigenvalue weighted by atomic mass is 15.4. The van der Waals surface area contributed by atoms with Crippen molar-refractivity contribution in [3.8, 4) is 12.3 Å². The fourth-order valence-corrected chi connectivity index (χ4v) is 4.67. The number of anilines is 1. The predicted molar refractivity (Wildman–Crippen MR) is 123 cm³/mol. The molecule has 2 aliphatic rings. The van der Waals surface area contributed by atoms with Gasteiger partial charge in [0.1, 0.15) is 0 Å². The normalized spacial score (nSPS) is 17.3. The second kappa shape index (κ2) is 7.99. The van der Waals surface area contributed by atoms with Crippen molar-refractivity contribution in [1.82, 2.24) is 10.3 Å². The lowest BCUT2D eigenvalue weighted by atomic mass is 9.95. The monoisotopic (exact) mass is 393 g/mol. The minimum absolute atomic E-state index is 0.246. The molecule has 30 heavy (non-hydrogen) atoms. The van der Waals surface area contributed by atoms with Crippen LogP contribution in [0.2, 0.25) is 0 Å². The molecule has 0 saturated heterocycles. The highest BCUT2D eigenvalue weighted by molar-refractivity contribution is 5.62. The second-order valence-corrected chi connectivity index (χ2v) is 8.35. The van der Waals surface area contributed by atoms with Gasteiger partial charge in [-0.05, 0) is 58.4 Å². The summed E-state index contributed by atoms with van der Waals surface area (Å²) in [5.41, 5.74) is 17.0. The number of fused-ring (bicyclic) bond motifs is 2. The van der Waals surface area contributed by atoms with E-state index in [1.165, 1.54) is 33.4 Å². The Labute approximate surface area is 179 Å². The van der Waals surface area contributed by atoms with Gasteiger partial charge in [0, 0.05) is 25.2 Å². The molecular weight excluding hydrogens is 366 g/mol. The van der Waals surface area contributed by atoms with E-state index in [1.54, 1.807) is 0 Å². The topological polar surface area (TPSA) is 27.3 Å². The predicted octanol–water partition coefficient (Wildman–Crippen LogP) is 4.96. The largest absolute Gasteiger partial charge is 0.321 e. The van der Waals surface area contributed by atoms with Gasteiger partial charge in [-0.25, -0.2) is 5.43 Å². The van der Waals surface area contributed by atoms with E-state index < -0.39 is 0 Å². The zero-order chi connectivity index (χ0) is 20.5. The maximum atomic E-state index is 5.88. The average Bonchev–Trinajstić information content (AvgIpc) is 3.36. The highest BCUT2D eigenvalue weighted by Crippen LogP contribution is 2.34. The van der Waals surface area contributed by atoms with Crippen LogP contribution < -0.4 is 10.9 Å². The van der Waals surface area contributed by atoms with Gasteiger partial charge in [0.05, 0.1) is 11.7 Å². The Balaban J connectivity index is 1.38. The number of terminal acetylenes is 1. The number of hydrogen-bond acceptors (Lipinski definition) is 3. The van der Waals surface area contributed by atoms with Crippen molar-refractivity contribution in [2.24, 2.45) is 0 Å². The molecule has 0 saturated carbocycles. The summed E-state index contributed by atoms with van der Waals surface area (Å²) in [6.07, 6.45) is 7.92. The van der Waals surface area contributed by atoms with E-state index in [2.05, 4.69) is 89.3 Å². The Kier molecular flexibility index (Phi) is 5.04. The highest BCUT2D eigenvalue weighted by Gasteiger charge is 2.25. The number of rotatable bonds is 5. The van der Waals surface area contributed by atoms with Gasteiger partial charge in [-0.15, -0.1) is 6.42 Å². The molecule has 1 unspecified atom stereocenters. The Morgan fingerprint density at radius 3 is 2.63 bits per heavy atom. The van der Waals surface area contributed by atoms with E-state index >= 15 is 0 Å². The molecular formula is C27H27N3. The Bertz CT molecular complexity index is 1110. The van der Waals surface area contributed by atoms with Crippen LogP contribution in [0.15, 0.2) is 60.7 Å². The van der Waals surface area contributed by atoms with Crippen molar-refractivity contribution < 1.29 is 0 Å². The van der Waals surface area contributed by atoms with Crippen LogP contribution in [0.25, 0.3) is 0 Å². The summed E-state index contributed by atoms with van der Waals surface area (Å²) in [7, 11) is 0. The quantitative estimate of drug-likeness (QED) is 0.600. The molecule has 0 bridgehead atoms. The van der Waals surface area contributed by atoms with E-state index in [0.717, 1.165) is 43.7 Å². The van der Waals surface area contributed by atoms with Gasteiger partial charge in [0.2, 0.25) is 0 Å². The second-order valence-electron chi connectivity index (χ2n) is 8.35. The van der Waals surface area contributed by atoms with Gasteiger partial charge >= 0.3 is 0 Å². The van der Waals surface area contributed by atoms with Crippen molar-refractivity contribution in [2.75, 3.05) is 5.43 Å². The molecule has 2 N–H and O–H groups in total. The third-order valence-electron chi connectivity index (χ3n) is 6.33. The first-order valence-corrected chi connectivity index (χ1v) is 10.8. The fraction of sp³-hybridized carbons (Fsp3) is 0.259. The van der Waals surface area contributed by atoms with Crippen molar-refractivity contribution in [1.29, 1.82) is 0 Å². The van der Waals surface area contributed by atoms with Crippen LogP contribution in [0.5, 0.6) is 0 Å². The molecule has 0 aliphatic carbocycles. The van der Waals surface area contributed by atoms with Gasteiger partial charge in [0.15, 0.2) is 0 Å². The number of hydrogen-bond donors (Lipinski definition) is 2. The molecule has 3 aromatic rings. The van der Waals surface area contributed by atoms with E-state index in [0.29, 0.717) is 0 Å². The molecule has 2 heterocycles. The molecule has 0 aromatic heterocycles. The van der Waals surface area contributed by atoms with Gasteiger partial charge in [-0.3, -0.25) is 4.90 Å². The number of benzene rings is 3. The number of nitrogens with one attached hydrogen (secondary N) is 2. The Morgan fingerprint density at radius 1 is 1.00 bits per heavy atom. The molecule has 1 atom stereocenters. The maximum Gasteiger partial charge on any atom is 0.0571 e. The molecule has 3 heteroatoms. The van der Waals surface area contributed by atoms with E-state index in [9.17, 15) is 0 Å². The third kappa shape index (κ3) is 3.61. The van der Waals surface area contributed by atoms with Gasteiger partial charge in [-0.2, -0.15) is 0 Å². The van der Waals surface area contributed by atoms with E-state index in [1.807, 2.05) is 0 Å². The maximum absolute atomic E-state index is 5.88.